The van der Waals surface area contributed by atoms with E-state index in [1.165, 1.54) is 18.2 Å². The van der Waals surface area contributed by atoms with E-state index in [0.29, 0.717) is 5.56 Å². The molecule has 0 unspecified atom stereocenters. The second-order valence-electron chi connectivity index (χ2n) is 9.65. The van der Waals surface area contributed by atoms with Crippen molar-refractivity contribution in [3.63, 3.8) is 0 Å². The molecule has 172 valence electrons. The van der Waals surface area contributed by atoms with Gasteiger partial charge in [-0.25, -0.2) is 14.8 Å². The van der Waals surface area contributed by atoms with Crippen molar-refractivity contribution in [3.05, 3.63) is 58.8 Å². The van der Waals surface area contributed by atoms with Crippen LogP contribution in [0.5, 0.6) is 0 Å². The summed E-state index contributed by atoms with van der Waals surface area (Å²) in [6.45, 7) is 12.9. The van der Waals surface area contributed by atoms with Crippen LogP contribution in [0, 0.1) is 13.8 Å². The van der Waals surface area contributed by atoms with Crippen LogP contribution in [0.25, 0.3) is 27.9 Å². The lowest BCUT2D eigenvalue weighted by Crippen LogP contribution is -2.27. The van der Waals surface area contributed by atoms with E-state index in [2.05, 4.69) is 63.4 Å². The van der Waals surface area contributed by atoms with Crippen LogP contribution in [0.4, 0.5) is 5.82 Å². The van der Waals surface area contributed by atoms with E-state index < -0.39 is 0 Å². The summed E-state index contributed by atoms with van der Waals surface area (Å²) in [5, 5.41) is 3.71. The fourth-order valence-corrected chi connectivity index (χ4v) is 4.05. The molecule has 0 amide bonds. The number of imidazole rings is 1. The molecule has 0 spiro atoms. The minimum atomic E-state index is -0.355. The first-order chi connectivity index (χ1) is 15.6. The maximum Gasteiger partial charge on any atom is 0.337 e. The molecule has 0 fully saturated rings. The average molecular weight is 445 g/mol. The Bertz CT molecular complexity index is 1350. The topological polar surface area (TPSA) is 68.5 Å². The second-order valence-corrected chi connectivity index (χ2v) is 9.65. The summed E-state index contributed by atoms with van der Waals surface area (Å²) < 4.78 is 7.06. The van der Waals surface area contributed by atoms with Gasteiger partial charge in [-0.3, -0.25) is 4.40 Å². The summed E-state index contributed by atoms with van der Waals surface area (Å²) in [5.74, 6) is 0.661. The first kappa shape index (κ1) is 22.8. The van der Waals surface area contributed by atoms with Crippen molar-refractivity contribution >= 4 is 28.5 Å². The highest BCUT2D eigenvalue weighted by Gasteiger charge is 2.23. The minimum Gasteiger partial charge on any atom is -0.465 e. The lowest BCUT2D eigenvalue weighted by Gasteiger charge is -2.23. The van der Waals surface area contributed by atoms with Gasteiger partial charge in [-0.1, -0.05) is 25.5 Å². The molecular formula is C27H32N4O2. The Balaban J connectivity index is 2.07. The van der Waals surface area contributed by atoms with Crippen LogP contribution in [0.3, 0.4) is 0 Å². The van der Waals surface area contributed by atoms with E-state index in [-0.39, 0.29) is 11.5 Å². The molecule has 0 aliphatic carbocycles. The van der Waals surface area contributed by atoms with Gasteiger partial charge in [-0.15, -0.1) is 0 Å². The molecular weight excluding hydrogens is 412 g/mol. The Morgan fingerprint density at radius 3 is 2.33 bits per heavy atom. The van der Waals surface area contributed by atoms with Gasteiger partial charge in [0.1, 0.15) is 11.5 Å². The van der Waals surface area contributed by atoms with Crippen molar-refractivity contribution in [2.45, 2.75) is 59.9 Å². The van der Waals surface area contributed by atoms with Crippen LogP contribution in [-0.4, -0.2) is 33.0 Å². The van der Waals surface area contributed by atoms with Crippen molar-refractivity contribution in [1.29, 1.82) is 0 Å². The highest BCUT2D eigenvalue weighted by Crippen LogP contribution is 2.33. The average Bonchev–Trinajstić information content (AvgIpc) is 3.11. The summed E-state index contributed by atoms with van der Waals surface area (Å²) in [7, 11) is 1.39. The molecule has 0 saturated heterocycles. The Hall–Kier alpha value is -3.41. The number of nitrogens with zero attached hydrogens (tertiary/aromatic N) is 3. The van der Waals surface area contributed by atoms with Crippen molar-refractivity contribution in [3.8, 4) is 11.3 Å². The zero-order valence-electron chi connectivity index (χ0n) is 20.5. The SMILES string of the molecule is CCCc1nc2c(-c3ccc(C(=O)OC)cc3)nc3cc(C)c(C)cc3n2c1NC(C)(C)C. The number of carbonyl (C=O) groups is 1. The molecule has 0 saturated carbocycles. The maximum absolute atomic E-state index is 11.9. The van der Waals surface area contributed by atoms with E-state index in [9.17, 15) is 4.79 Å². The Morgan fingerprint density at radius 2 is 1.73 bits per heavy atom. The lowest BCUT2D eigenvalue weighted by molar-refractivity contribution is 0.0600. The van der Waals surface area contributed by atoms with Gasteiger partial charge in [-0.05, 0) is 76.4 Å². The normalized spacial score (nSPS) is 11.8. The molecule has 0 aliphatic rings. The molecule has 2 aromatic carbocycles. The van der Waals surface area contributed by atoms with Gasteiger partial charge in [0.25, 0.3) is 0 Å². The van der Waals surface area contributed by atoms with Gasteiger partial charge in [0.2, 0.25) is 0 Å². The number of methoxy groups -OCH3 is 1. The second kappa shape index (κ2) is 8.50. The maximum atomic E-state index is 11.9. The predicted molar refractivity (Wildman–Crippen MR) is 134 cm³/mol. The number of esters is 1. The number of benzene rings is 2. The standard InChI is InChI=1S/C27H32N4O2/c1-8-9-20-24(30-27(4,5)6)31-22-15-17(3)16(2)14-21(22)28-23(25(31)29-20)18-10-12-19(13-11-18)26(32)33-7/h10-15,30H,8-9H2,1-7H3. The summed E-state index contributed by atoms with van der Waals surface area (Å²) in [4.78, 5) is 22.0. The third-order valence-electron chi connectivity index (χ3n) is 5.79. The molecule has 4 aromatic rings. The first-order valence-electron chi connectivity index (χ1n) is 11.4. The van der Waals surface area contributed by atoms with Gasteiger partial charge in [-0.2, -0.15) is 0 Å². The zero-order chi connectivity index (χ0) is 23.9. The van der Waals surface area contributed by atoms with Crippen LogP contribution >= 0.6 is 0 Å². The van der Waals surface area contributed by atoms with Gasteiger partial charge in [0, 0.05) is 11.1 Å². The largest absolute Gasteiger partial charge is 0.465 e. The fraction of sp³-hybridized carbons (Fsp3) is 0.370. The Kier molecular flexibility index (Phi) is 5.87. The van der Waals surface area contributed by atoms with E-state index in [4.69, 9.17) is 14.7 Å². The van der Waals surface area contributed by atoms with E-state index in [1.807, 2.05) is 12.1 Å². The molecule has 0 radical (unpaired) electrons. The number of fused-ring (bicyclic) bond motifs is 3. The molecule has 1 N–H and O–H groups in total. The van der Waals surface area contributed by atoms with Gasteiger partial charge < -0.3 is 10.1 Å². The molecule has 6 heteroatoms. The number of anilines is 1. The number of ether oxygens (including phenoxy) is 1. The summed E-state index contributed by atoms with van der Waals surface area (Å²) >= 11 is 0. The highest BCUT2D eigenvalue weighted by atomic mass is 16.5. The number of aromatic nitrogens is 3. The fourth-order valence-electron chi connectivity index (χ4n) is 4.05. The van der Waals surface area contributed by atoms with E-state index in [1.54, 1.807) is 12.1 Å². The number of rotatable bonds is 5. The van der Waals surface area contributed by atoms with Crippen LogP contribution < -0.4 is 5.32 Å². The third kappa shape index (κ3) is 4.30. The third-order valence-corrected chi connectivity index (χ3v) is 5.79. The lowest BCUT2D eigenvalue weighted by atomic mass is 10.1. The van der Waals surface area contributed by atoms with Crippen molar-refractivity contribution in [1.82, 2.24) is 14.4 Å². The molecule has 0 aliphatic heterocycles. The molecule has 0 bridgehead atoms. The van der Waals surface area contributed by atoms with Crippen LogP contribution in [0.2, 0.25) is 0 Å². The van der Waals surface area contributed by atoms with Crippen molar-refractivity contribution in [2.24, 2.45) is 0 Å². The minimum absolute atomic E-state index is 0.129. The van der Waals surface area contributed by atoms with E-state index >= 15 is 0 Å². The first-order valence-corrected chi connectivity index (χ1v) is 11.4. The number of carbonyl (C=O) groups excluding carboxylic acids is 1. The molecule has 4 rings (SSSR count). The molecule has 6 nitrogen and oxygen atoms in total. The Labute approximate surface area is 195 Å². The van der Waals surface area contributed by atoms with Crippen LogP contribution in [0.1, 0.15) is 61.3 Å². The molecule has 2 heterocycles. The van der Waals surface area contributed by atoms with Gasteiger partial charge >= 0.3 is 5.97 Å². The van der Waals surface area contributed by atoms with Gasteiger partial charge in [0.15, 0.2) is 5.65 Å². The van der Waals surface area contributed by atoms with Gasteiger partial charge in [0.05, 0.1) is 29.4 Å². The molecule has 0 atom stereocenters. The molecule has 2 aromatic heterocycles. The summed E-state index contributed by atoms with van der Waals surface area (Å²) in [5.41, 5.74) is 8.28. The van der Waals surface area contributed by atoms with Crippen molar-refractivity contribution < 1.29 is 9.53 Å². The number of hydrogen-bond acceptors (Lipinski definition) is 5. The quantitative estimate of drug-likeness (QED) is 0.376. The summed E-state index contributed by atoms with van der Waals surface area (Å²) in [6.07, 6.45) is 1.86. The summed E-state index contributed by atoms with van der Waals surface area (Å²) in [6, 6.07) is 11.7. The predicted octanol–water partition coefficient (Wildman–Crippen LogP) is 6.12. The van der Waals surface area contributed by atoms with Crippen molar-refractivity contribution in [2.75, 3.05) is 12.4 Å². The zero-order valence-corrected chi connectivity index (χ0v) is 20.5. The van der Waals surface area contributed by atoms with Crippen LogP contribution in [0.15, 0.2) is 36.4 Å². The highest BCUT2D eigenvalue weighted by molar-refractivity contribution is 5.92. The van der Waals surface area contributed by atoms with Crippen LogP contribution in [-0.2, 0) is 11.2 Å². The number of hydrogen-bond donors (Lipinski definition) is 1. The number of aryl methyl sites for hydroxylation is 3. The van der Waals surface area contributed by atoms with E-state index in [0.717, 1.165) is 52.3 Å². The smallest absolute Gasteiger partial charge is 0.337 e. The number of nitrogens with one attached hydrogen (secondary N) is 1. The monoisotopic (exact) mass is 444 g/mol. The Morgan fingerprint density at radius 1 is 1.06 bits per heavy atom. The molecule has 33 heavy (non-hydrogen) atoms.